The van der Waals surface area contributed by atoms with Gasteiger partial charge in [-0.2, -0.15) is 5.10 Å². The molecule has 1 aromatic heterocycles. The number of hydrogen-bond donors (Lipinski definition) is 1. The van der Waals surface area contributed by atoms with Crippen LogP contribution in [0.25, 0.3) is 10.9 Å². The Morgan fingerprint density at radius 2 is 2.00 bits per heavy atom. The number of nitrogens with zero attached hydrogens (tertiary/aromatic N) is 2. The third-order valence-electron chi connectivity index (χ3n) is 4.95. The fourth-order valence-electron chi connectivity index (χ4n) is 3.35. The molecular formula is C22H23N3S. The number of rotatable bonds is 3. The van der Waals surface area contributed by atoms with Crippen LogP contribution in [-0.2, 0) is 13.1 Å². The second-order valence-electron chi connectivity index (χ2n) is 7.20. The highest BCUT2D eigenvalue weighted by Gasteiger charge is 2.30. The smallest absolute Gasteiger partial charge is 0.0778 e. The fraction of sp³-hybridized carbons (Fsp3) is 0.318. The molecule has 0 fully saturated rings. The van der Waals surface area contributed by atoms with Gasteiger partial charge in [-0.25, -0.2) is 0 Å². The second kappa shape index (κ2) is 6.83. The number of aromatic amines is 1. The molecule has 132 valence electrons. The second-order valence-corrected chi connectivity index (χ2v) is 8.54. The molecule has 0 unspecified atom stereocenters. The average Bonchev–Trinajstić information content (AvgIpc) is 3.26. The van der Waals surface area contributed by atoms with Gasteiger partial charge in [-0.05, 0) is 61.1 Å². The summed E-state index contributed by atoms with van der Waals surface area (Å²) in [5.74, 6) is 7.97. The van der Waals surface area contributed by atoms with Gasteiger partial charge >= 0.3 is 0 Å². The Hall–Kier alpha value is -2.22. The van der Waals surface area contributed by atoms with Crippen molar-refractivity contribution < 1.29 is 0 Å². The lowest BCUT2D eigenvalue weighted by atomic mass is 10.0. The molecule has 4 heteroatoms. The van der Waals surface area contributed by atoms with Gasteiger partial charge < -0.3 is 0 Å². The summed E-state index contributed by atoms with van der Waals surface area (Å²) in [4.78, 5) is 3.83. The lowest BCUT2D eigenvalue weighted by molar-refractivity contribution is 0.171. The zero-order valence-corrected chi connectivity index (χ0v) is 16.3. The highest BCUT2D eigenvalue weighted by molar-refractivity contribution is 7.99. The Morgan fingerprint density at radius 1 is 1.15 bits per heavy atom. The summed E-state index contributed by atoms with van der Waals surface area (Å²) < 4.78 is 0. The minimum Gasteiger partial charge on any atom is -0.279 e. The molecule has 1 N–H and O–H groups in total. The molecule has 2 aromatic carbocycles. The summed E-state index contributed by atoms with van der Waals surface area (Å²) in [6, 6.07) is 13.1. The number of nitrogens with one attached hydrogen (secondary N) is 1. The normalized spacial score (nSPS) is 14.3. The predicted molar refractivity (Wildman–Crippen MR) is 109 cm³/mol. The van der Waals surface area contributed by atoms with E-state index in [-0.39, 0.29) is 5.54 Å². The van der Waals surface area contributed by atoms with Crippen LogP contribution in [0.1, 0.15) is 37.5 Å². The maximum absolute atomic E-state index is 4.07. The van der Waals surface area contributed by atoms with E-state index in [4.69, 9.17) is 0 Å². The van der Waals surface area contributed by atoms with E-state index in [2.05, 4.69) is 78.0 Å². The SMILES string of the molecule is CCSc1ccc2c(c1)CN(C(C)(C)C#Cc1ccc3[nH]ncc3c1)C2. The molecule has 0 amide bonds. The summed E-state index contributed by atoms with van der Waals surface area (Å²) in [6.07, 6.45) is 1.84. The number of benzene rings is 2. The van der Waals surface area contributed by atoms with E-state index in [0.717, 1.165) is 35.3 Å². The average molecular weight is 362 g/mol. The largest absolute Gasteiger partial charge is 0.279 e. The lowest BCUT2D eigenvalue weighted by Gasteiger charge is -2.30. The Morgan fingerprint density at radius 3 is 2.85 bits per heavy atom. The minimum absolute atomic E-state index is 0.178. The highest BCUT2D eigenvalue weighted by atomic mass is 32.2. The molecule has 0 radical (unpaired) electrons. The molecule has 0 aliphatic carbocycles. The number of H-pyrrole nitrogens is 1. The summed E-state index contributed by atoms with van der Waals surface area (Å²) in [5, 5.41) is 8.15. The van der Waals surface area contributed by atoms with Crippen LogP contribution in [-0.4, -0.2) is 26.4 Å². The van der Waals surface area contributed by atoms with Crippen LogP contribution in [0.4, 0.5) is 0 Å². The van der Waals surface area contributed by atoms with Crippen LogP contribution in [0.5, 0.6) is 0 Å². The Kier molecular flexibility index (Phi) is 4.52. The van der Waals surface area contributed by atoms with Crippen molar-refractivity contribution in [2.24, 2.45) is 0 Å². The van der Waals surface area contributed by atoms with Crippen LogP contribution >= 0.6 is 11.8 Å². The van der Waals surface area contributed by atoms with E-state index >= 15 is 0 Å². The molecule has 4 rings (SSSR count). The Balaban J connectivity index is 1.54. The van der Waals surface area contributed by atoms with Gasteiger partial charge in [-0.1, -0.05) is 24.8 Å². The molecule has 3 aromatic rings. The molecule has 0 atom stereocenters. The summed E-state index contributed by atoms with van der Waals surface area (Å²) >= 11 is 1.91. The van der Waals surface area contributed by atoms with Crippen LogP contribution in [0.15, 0.2) is 47.5 Å². The Labute approximate surface area is 159 Å². The lowest BCUT2D eigenvalue weighted by Crippen LogP contribution is -2.38. The third kappa shape index (κ3) is 3.38. The molecule has 0 bridgehead atoms. The molecule has 26 heavy (non-hydrogen) atoms. The first-order chi connectivity index (χ1) is 12.5. The van der Waals surface area contributed by atoms with E-state index in [9.17, 15) is 0 Å². The zero-order valence-electron chi connectivity index (χ0n) is 15.5. The maximum Gasteiger partial charge on any atom is 0.0778 e. The first-order valence-corrected chi connectivity index (χ1v) is 10.00. The highest BCUT2D eigenvalue weighted by Crippen LogP contribution is 2.32. The molecular weight excluding hydrogens is 338 g/mol. The van der Waals surface area contributed by atoms with E-state index in [1.54, 1.807) is 0 Å². The summed E-state index contributed by atoms with van der Waals surface area (Å²) in [5.41, 5.74) is 4.77. The molecule has 0 saturated carbocycles. The minimum atomic E-state index is -0.178. The van der Waals surface area contributed by atoms with Gasteiger partial charge in [0.2, 0.25) is 0 Å². The molecule has 1 aliphatic heterocycles. The quantitative estimate of drug-likeness (QED) is 0.536. The van der Waals surface area contributed by atoms with Crippen LogP contribution < -0.4 is 0 Å². The zero-order chi connectivity index (χ0) is 18.1. The van der Waals surface area contributed by atoms with Crippen LogP contribution in [0.3, 0.4) is 0 Å². The van der Waals surface area contributed by atoms with Crippen molar-refractivity contribution in [2.75, 3.05) is 5.75 Å². The molecule has 1 aliphatic rings. The number of fused-ring (bicyclic) bond motifs is 2. The number of aromatic nitrogens is 2. The van der Waals surface area contributed by atoms with Gasteiger partial charge in [0, 0.05) is 28.9 Å². The van der Waals surface area contributed by atoms with Crippen LogP contribution in [0, 0.1) is 11.8 Å². The van der Waals surface area contributed by atoms with Gasteiger partial charge in [0.1, 0.15) is 0 Å². The van der Waals surface area contributed by atoms with Gasteiger partial charge in [0.25, 0.3) is 0 Å². The van der Waals surface area contributed by atoms with Crippen molar-refractivity contribution in [3.8, 4) is 11.8 Å². The first-order valence-electron chi connectivity index (χ1n) is 9.01. The molecule has 3 nitrogen and oxygen atoms in total. The topological polar surface area (TPSA) is 31.9 Å². The van der Waals surface area contributed by atoms with Gasteiger partial charge in [-0.15, -0.1) is 11.8 Å². The van der Waals surface area contributed by atoms with Crippen molar-refractivity contribution >= 4 is 22.7 Å². The van der Waals surface area contributed by atoms with Gasteiger partial charge in [-0.3, -0.25) is 10.00 Å². The van der Waals surface area contributed by atoms with E-state index in [1.807, 2.05) is 24.0 Å². The van der Waals surface area contributed by atoms with E-state index < -0.39 is 0 Å². The standard InChI is InChI=1S/C22H23N3S/c1-4-26-20-7-6-17-14-25(15-19(17)12-20)22(2,3)10-9-16-5-8-21-18(11-16)13-23-24-21/h5-8,11-13H,4,14-15H2,1-3H3,(H,23,24). The monoisotopic (exact) mass is 361 g/mol. The van der Waals surface area contributed by atoms with Crippen molar-refractivity contribution in [2.45, 2.75) is 44.3 Å². The van der Waals surface area contributed by atoms with Gasteiger partial charge in [0.05, 0.1) is 17.3 Å². The summed E-state index contributed by atoms with van der Waals surface area (Å²) in [7, 11) is 0. The number of thioether (sulfide) groups is 1. The molecule has 2 heterocycles. The van der Waals surface area contributed by atoms with Crippen molar-refractivity contribution in [3.63, 3.8) is 0 Å². The van der Waals surface area contributed by atoms with Crippen molar-refractivity contribution in [1.29, 1.82) is 0 Å². The van der Waals surface area contributed by atoms with Crippen molar-refractivity contribution in [1.82, 2.24) is 15.1 Å². The summed E-state index contributed by atoms with van der Waals surface area (Å²) in [6.45, 7) is 8.56. The molecule has 0 spiro atoms. The first kappa shape index (κ1) is 17.2. The number of hydrogen-bond acceptors (Lipinski definition) is 3. The fourth-order valence-corrected chi connectivity index (χ4v) is 4.07. The molecule has 0 saturated heterocycles. The third-order valence-corrected chi connectivity index (χ3v) is 5.83. The Bertz CT molecular complexity index is 1010. The van der Waals surface area contributed by atoms with Crippen molar-refractivity contribution in [3.05, 3.63) is 59.3 Å². The van der Waals surface area contributed by atoms with Gasteiger partial charge in [0.15, 0.2) is 0 Å². The van der Waals surface area contributed by atoms with E-state index in [0.29, 0.717) is 0 Å². The van der Waals surface area contributed by atoms with E-state index in [1.165, 1.54) is 16.0 Å². The predicted octanol–water partition coefficient (Wildman–Crippen LogP) is 4.82. The van der Waals surface area contributed by atoms with Crippen LogP contribution in [0.2, 0.25) is 0 Å². The maximum atomic E-state index is 4.07.